The molecule has 1 aliphatic heterocycles. The Kier molecular flexibility index (Phi) is 7.01. The van der Waals surface area contributed by atoms with Gasteiger partial charge in [-0.25, -0.2) is 13.6 Å². The van der Waals surface area contributed by atoms with Gasteiger partial charge in [-0.05, 0) is 49.7 Å². The van der Waals surface area contributed by atoms with Crippen LogP contribution in [0.1, 0.15) is 47.7 Å². The number of anilines is 2. The van der Waals surface area contributed by atoms with Crippen molar-refractivity contribution in [3.63, 3.8) is 0 Å². The number of benzene rings is 2. The van der Waals surface area contributed by atoms with Crippen LogP contribution in [0, 0.1) is 17.6 Å². The van der Waals surface area contributed by atoms with Crippen molar-refractivity contribution in [2.75, 3.05) is 30.5 Å². The second-order valence-corrected chi connectivity index (χ2v) is 9.12. The van der Waals surface area contributed by atoms with Gasteiger partial charge in [0, 0.05) is 23.6 Å². The summed E-state index contributed by atoms with van der Waals surface area (Å²) in [6.07, 6.45) is 4.02. The van der Waals surface area contributed by atoms with Crippen molar-refractivity contribution in [2.24, 2.45) is 5.92 Å². The van der Waals surface area contributed by atoms with Crippen LogP contribution in [0.2, 0.25) is 0 Å². The fraction of sp³-hybridized carbons (Fsp3) is 0.375. The van der Waals surface area contributed by atoms with Crippen molar-refractivity contribution < 1.29 is 32.2 Å². The van der Waals surface area contributed by atoms with Gasteiger partial charge in [-0.1, -0.05) is 26.0 Å². The van der Waals surface area contributed by atoms with Crippen LogP contribution in [0.3, 0.4) is 0 Å². The molecule has 1 fully saturated rings. The van der Waals surface area contributed by atoms with Crippen LogP contribution in [-0.4, -0.2) is 51.0 Å². The Morgan fingerprint density at radius 1 is 1.26 bits per heavy atom. The predicted octanol–water partition coefficient (Wildman–Crippen LogP) is 4.45. The Morgan fingerprint density at radius 3 is 2.65 bits per heavy atom. The Balaban J connectivity index is 1.84. The molecule has 0 amide bonds. The first kappa shape index (κ1) is 24.3. The monoisotopic (exact) mass is 491 g/mol. The van der Waals surface area contributed by atoms with Crippen LogP contribution in [0.25, 0.3) is 6.08 Å². The Morgan fingerprint density at radius 2 is 2.00 bits per heavy atom. The van der Waals surface area contributed by atoms with E-state index in [0.29, 0.717) is 17.3 Å². The van der Waals surface area contributed by atoms with E-state index < -0.39 is 40.1 Å². The van der Waals surface area contributed by atoms with E-state index in [0.717, 1.165) is 31.3 Å². The zero-order valence-corrected chi connectivity index (χ0v) is 19.6. The standard InChI is InChI=1S/C24H26F2N2O5S/c1-3-27(4-2)9-5-6-14-10-16(25)7-8-19(14)28(34(31)32)20-12-18(26)21-17-11-15(17)13-33-23(21)22(20)24(29)30/h5-8,10,12,15,17H,3-4,9,11,13H2,1-2H3,(H,29,30)(H,31,32)/p-1. The zero-order chi connectivity index (χ0) is 24.6. The molecule has 0 bridgehead atoms. The maximum absolute atomic E-state index is 15.1. The summed E-state index contributed by atoms with van der Waals surface area (Å²) >= 11 is -3.04. The number of nitrogens with zero attached hydrogens (tertiary/aromatic N) is 2. The third-order valence-corrected chi connectivity index (χ3v) is 7.02. The number of fused-ring (bicyclic) bond motifs is 3. The second-order valence-electron chi connectivity index (χ2n) is 8.32. The molecule has 10 heteroatoms. The van der Waals surface area contributed by atoms with E-state index in [9.17, 15) is 23.1 Å². The average molecular weight is 492 g/mol. The lowest BCUT2D eigenvalue weighted by Gasteiger charge is -2.31. The minimum atomic E-state index is -3.04. The third kappa shape index (κ3) is 4.57. The molecule has 1 heterocycles. The number of rotatable bonds is 9. The topological polar surface area (TPSA) is 93.1 Å². The fourth-order valence-corrected chi connectivity index (χ4v) is 5.04. The fourth-order valence-electron chi connectivity index (χ4n) is 4.41. The van der Waals surface area contributed by atoms with Gasteiger partial charge in [0.25, 0.3) is 0 Å². The molecule has 2 aromatic carbocycles. The molecule has 4 rings (SSSR count). The minimum absolute atomic E-state index is 0.00696. The van der Waals surface area contributed by atoms with Gasteiger partial charge in [0.2, 0.25) is 0 Å². The molecule has 3 atom stereocenters. The van der Waals surface area contributed by atoms with E-state index in [1.807, 2.05) is 13.8 Å². The number of carboxylic acids is 1. The van der Waals surface area contributed by atoms with E-state index >= 15 is 4.39 Å². The van der Waals surface area contributed by atoms with Crippen molar-refractivity contribution in [1.29, 1.82) is 0 Å². The zero-order valence-electron chi connectivity index (χ0n) is 18.8. The number of likely N-dealkylation sites (N-methyl/N-ethyl adjacent to an activating group) is 1. The maximum atomic E-state index is 15.1. The van der Waals surface area contributed by atoms with Gasteiger partial charge in [0.15, 0.2) is 0 Å². The molecule has 0 saturated heterocycles. The van der Waals surface area contributed by atoms with Crippen LogP contribution in [-0.2, 0) is 11.3 Å². The lowest BCUT2D eigenvalue weighted by Crippen LogP contribution is -2.25. The first-order valence-corrected chi connectivity index (χ1v) is 12.1. The first-order chi connectivity index (χ1) is 16.3. The van der Waals surface area contributed by atoms with E-state index in [1.54, 1.807) is 12.2 Å². The lowest BCUT2D eigenvalue weighted by atomic mass is 9.98. The third-order valence-electron chi connectivity index (χ3n) is 6.33. The van der Waals surface area contributed by atoms with Gasteiger partial charge in [0.1, 0.15) is 22.9 Å². The number of carboxylic acid groups (broad SMARTS) is 1. The molecule has 2 aromatic rings. The molecule has 0 radical (unpaired) electrons. The number of aromatic carboxylic acids is 1. The summed E-state index contributed by atoms with van der Waals surface area (Å²) < 4.78 is 60.3. The van der Waals surface area contributed by atoms with Crippen molar-refractivity contribution in [3.8, 4) is 5.75 Å². The van der Waals surface area contributed by atoms with Crippen molar-refractivity contribution in [1.82, 2.24) is 4.90 Å². The molecule has 1 saturated carbocycles. The SMILES string of the molecule is CCN(CC)CC=Cc1cc(F)ccc1N(c1cc(F)c2c(c1C(=O)O)OCC1CC21)S(=O)[O-]. The van der Waals surface area contributed by atoms with Gasteiger partial charge in [-0.2, -0.15) is 0 Å². The number of carbonyl (C=O) groups is 1. The van der Waals surface area contributed by atoms with Crippen molar-refractivity contribution >= 4 is 34.7 Å². The Bertz CT molecular complexity index is 1170. The van der Waals surface area contributed by atoms with Crippen molar-refractivity contribution in [2.45, 2.75) is 26.2 Å². The molecular formula is C24H25F2N2O5S-. The highest BCUT2D eigenvalue weighted by Gasteiger charge is 2.47. The average Bonchev–Trinajstić information content (AvgIpc) is 3.57. The number of halogens is 2. The predicted molar refractivity (Wildman–Crippen MR) is 124 cm³/mol. The van der Waals surface area contributed by atoms with Crippen LogP contribution < -0.4 is 9.04 Å². The summed E-state index contributed by atoms with van der Waals surface area (Å²) in [5.41, 5.74) is -0.469. The molecule has 182 valence electrons. The molecule has 0 spiro atoms. The first-order valence-electron chi connectivity index (χ1n) is 11.1. The molecule has 2 aliphatic rings. The summed E-state index contributed by atoms with van der Waals surface area (Å²) in [5.74, 6) is -2.90. The minimum Gasteiger partial charge on any atom is -0.755 e. The molecule has 0 aromatic heterocycles. The molecular weight excluding hydrogens is 466 g/mol. The molecule has 34 heavy (non-hydrogen) atoms. The second kappa shape index (κ2) is 9.81. The van der Waals surface area contributed by atoms with Gasteiger partial charge < -0.3 is 19.3 Å². The summed E-state index contributed by atoms with van der Waals surface area (Å²) in [4.78, 5) is 14.3. The highest BCUT2D eigenvalue weighted by Crippen LogP contribution is 2.57. The Hall–Kier alpha value is -2.82. The number of hydrogen-bond acceptors (Lipinski definition) is 5. The van der Waals surface area contributed by atoms with E-state index in [1.165, 1.54) is 6.07 Å². The van der Waals surface area contributed by atoms with Gasteiger partial charge in [-0.3, -0.25) is 8.51 Å². The van der Waals surface area contributed by atoms with Crippen LogP contribution in [0.4, 0.5) is 20.2 Å². The smallest absolute Gasteiger partial charge is 0.341 e. The highest BCUT2D eigenvalue weighted by molar-refractivity contribution is 7.81. The van der Waals surface area contributed by atoms with E-state index in [4.69, 9.17) is 4.74 Å². The maximum Gasteiger partial charge on any atom is 0.341 e. The largest absolute Gasteiger partial charge is 0.755 e. The van der Waals surface area contributed by atoms with E-state index in [2.05, 4.69) is 4.90 Å². The quantitative estimate of drug-likeness (QED) is 0.521. The summed E-state index contributed by atoms with van der Waals surface area (Å²) in [6.45, 7) is 6.39. The number of ether oxygens (including phenoxy) is 1. The summed E-state index contributed by atoms with van der Waals surface area (Å²) in [5, 5.41) is 9.95. The molecule has 1 N–H and O–H groups in total. The summed E-state index contributed by atoms with van der Waals surface area (Å²) in [6, 6.07) is 4.35. The van der Waals surface area contributed by atoms with Crippen LogP contribution in [0.15, 0.2) is 30.3 Å². The highest BCUT2D eigenvalue weighted by atomic mass is 32.2. The van der Waals surface area contributed by atoms with Crippen LogP contribution >= 0.6 is 0 Å². The Labute approximate surface area is 199 Å². The molecule has 3 unspecified atom stereocenters. The molecule has 1 aliphatic carbocycles. The van der Waals surface area contributed by atoms with Gasteiger partial charge in [-0.15, -0.1) is 0 Å². The van der Waals surface area contributed by atoms with Gasteiger partial charge >= 0.3 is 5.97 Å². The van der Waals surface area contributed by atoms with E-state index in [-0.39, 0.29) is 41.0 Å². The lowest BCUT2D eigenvalue weighted by molar-refractivity contribution is 0.0692. The molecule has 7 nitrogen and oxygen atoms in total. The van der Waals surface area contributed by atoms with Gasteiger partial charge in [0.05, 0.1) is 29.2 Å². The summed E-state index contributed by atoms with van der Waals surface area (Å²) in [7, 11) is 0. The number of hydrogen-bond donors (Lipinski definition) is 1. The van der Waals surface area contributed by atoms with Crippen molar-refractivity contribution in [3.05, 3.63) is 58.7 Å². The normalized spacial score (nSPS) is 19.5. The van der Waals surface area contributed by atoms with Crippen LogP contribution in [0.5, 0.6) is 5.75 Å².